The average molecular weight is 337 g/mol. The molecular weight excluding hydrogens is 318 g/mol. The van der Waals surface area contributed by atoms with Crippen molar-refractivity contribution in [3.05, 3.63) is 18.2 Å². The Kier molecular flexibility index (Phi) is 5.49. The molecule has 0 aliphatic carbocycles. The number of amides is 1. The quantitative estimate of drug-likeness (QED) is 0.749. The molecule has 0 N–H and O–H groups in total. The molecule has 0 radical (unpaired) electrons. The van der Waals surface area contributed by atoms with E-state index in [0.717, 1.165) is 0 Å². The number of hydrogen-bond acceptors (Lipinski definition) is 7. The summed E-state index contributed by atoms with van der Waals surface area (Å²) in [4.78, 5) is 13.4. The molecule has 23 heavy (non-hydrogen) atoms. The third-order valence-corrected chi connectivity index (χ3v) is 4.03. The largest absolute Gasteiger partial charge is 0.497 e. The second kappa shape index (κ2) is 7.36. The van der Waals surface area contributed by atoms with E-state index in [1.807, 2.05) is 0 Å². The van der Waals surface area contributed by atoms with Crippen LogP contribution in [0.5, 0.6) is 11.5 Å². The molecule has 2 rings (SSSR count). The molecule has 0 aliphatic heterocycles. The van der Waals surface area contributed by atoms with Gasteiger partial charge in [-0.3, -0.25) is 4.79 Å². The van der Waals surface area contributed by atoms with Crippen LogP contribution in [0, 0.1) is 0 Å². The normalized spacial score (nSPS) is 11.9. The van der Waals surface area contributed by atoms with Crippen molar-refractivity contribution in [2.24, 2.45) is 0 Å². The van der Waals surface area contributed by atoms with Crippen molar-refractivity contribution in [3.63, 3.8) is 0 Å². The predicted molar refractivity (Wildman–Crippen MR) is 86.9 cm³/mol. The van der Waals surface area contributed by atoms with Gasteiger partial charge in [0.2, 0.25) is 5.91 Å². The zero-order valence-electron chi connectivity index (χ0n) is 13.7. The highest BCUT2D eigenvalue weighted by molar-refractivity contribution is 8.00. The fourth-order valence-corrected chi connectivity index (χ4v) is 2.74. The summed E-state index contributed by atoms with van der Waals surface area (Å²) in [6.07, 6.45) is 0. The average Bonchev–Trinajstić information content (AvgIpc) is 3.01. The molecule has 0 fully saturated rings. The Balaban J connectivity index is 2.21. The Hall–Kier alpha value is -2.22. The van der Waals surface area contributed by atoms with Crippen molar-refractivity contribution in [2.45, 2.75) is 17.4 Å². The lowest BCUT2D eigenvalue weighted by molar-refractivity contribution is -0.127. The Labute approximate surface area is 139 Å². The first-order valence-electron chi connectivity index (χ1n) is 6.90. The molecule has 0 unspecified atom stereocenters. The zero-order valence-corrected chi connectivity index (χ0v) is 14.5. The summed E-state index contributed by atoms with van der Waals surface area (Å²) in [6.45, 7) is 1.80. The number of rotatable bonds is 6. The first-order valence-corrected chi connectivity index (χ1v) is 7.78. The van der Waals surface area contributed by atoms with Crippen molar-refractivity contribution in [2.75, 3.05) is 28.3 Å². The summed E-state index contributed by atoms with van der Waals surface area (Å²) in [5, 5.41) is 8.03. The molecule has 0 spiro atoms. The van der Waals surface area contributed by atoms with Gasteiger partial charge in [0.1, 0.15) is 11.5 Å². The fraction of sp³-hybridized carbons (Fsp3) is 0.400. The lowest BCUT2D eigenvalue weighted by Gasteiger charge is -2.14. The molecule has 0 saturated carbocycles. The Morgan fingerprint density at radius 3 is 2.61 bits per heavy atom. The number of carbonyl (C=O) groups excluding carboxylic acids is 1. The smallest absolute Gasteiger partial charge is 0.277 e. The van der Waals surface area contributed by atoms with Crippen molar-refractivity contribution >= 4 is 17.7 Å². The van der Waals surface area contributed by atoms with Crippen LogP contribution in [-0.2, 0) is 4.79 Å². The second-order valence-corrected chi connectivity index (χ2v) is 6.22. The van der Waals surface area contributed by atoms with E-state index in [9.17, 15) is 4.79 Å². The molecule has 1 atom stereocenters. The molecule has 7 nitrogen and oxygen atoms in total. The highest BCUT2D eigenvalue weighted by atomic mass is 32.2. The molecule has 0 bridgehead atoms. The number of benzene rings is 1. The second-order valence-electron chi connectivity index (χ2n) is 4.93. The maximum absolute atomic E-state index is 11.9. The van der Waals surface area contributed by atoms with E-state index in [-0.39, 0.29) is 11.2 Å². The minimum atomic E-state index is -0.309. The van der Waals surface area contributed by atoms with Gasteiger partial charge in [-0.1, -0.05) is 11.8 Å². The van der Waals surface area contributed by atoms with Gasteiger partial charge in [-0.15, -0.1) is 10.2 Å². The van der Waals surface area contributed by atoms with Crippen LogP contribution in [0.2, 0.25) is 0 Å². The van der Waals surface area contributed by atoms with Gasteiger partial charge in [-0.25, -0.2) is 0 Å². The lowest BCUT2D eigenvalue weighted by atomic mass is 10.2. The lowest BCUT2D eigenvalue weighted by Crippen LogP contribution is -2.29. The van der Waals surface area contributed by atoms with E-state index in [1.165, 1.54) is 16.7 Å². The topological polar surface area (TPSA) is 77.7 Å². The van der Waals surface area contributed by atoms with E-state index < -0.39 is 0 Å². The number of aromatic nitrogens is 2. The minimum Gasteiger partial charge on any atom is -0.497 e. The molecule has 1 heterocycles. The Bertz CT molecular complexity index is 687. The van der Waals surface area contributed by atoms with Crippen LogP contribution < -0.4 is 9.47 Å². The van der Waals surface area contributed by atoms with Crippen LogP contribution in [0.15, 0.2) is 27.8 Å². The predicted octanol–water partition coefficient (Wildman–Crippen LogP) is 2.32. The molecule has 0 aliphatic rings. The van der Waals surface area contributed by atoms with E-state index in [2.05, 4.69) is 10.2 Å². The van der Waals surface area contributed by atoms with Crippen LogP contribution in [0.1, 0.15) is 6.92 Å². The van der Waals surface area contributed by atoms with Gasteiger partial charge >= 0.3 is 0 Å². The summed E-state index contributed by atoms with van der Waals surface area (Å²) in [7, 11) is 6.56. The minimum absolute atomic E-state index is 0.0169. The first kappa shape index (κ1) is 17.1. The van der Waals surface area contributed by atoms with E-state index in [4.69, 9.17) is 13.9 Å². The number of nitrogens with zero attached hydrogens (tertiary/aromatic N) is 3. The van der Waals surface area contributed by atoms with Crippen molar-refractivity contribution in [3.8, 4) is 23.0 Å². The van der Waals surface area contributed by atoms with Crippen LogP contribution in [-0.4, -0.2) is 54.6 Å². The summed E-state index contributed by atoms with van der Waals surface area (Å²) in [6, 6.07) is 5.31. The summed E-state index contributed by atoms with van der Waals surface area (Å²) in [5.41, 5.74) is 0.666. The maximum atomic E-state index is 11.9. The van der Waals surface area contributed by atoms with E-state index in [1.54, 1.807) is 53.4 Å². The molecule has 1 aromatic heterocycles. The van der Waals surface area contributed by atoms with Gasteiger partial charge < -0.3 is 18.8 Å². The molecule has 1 amide bonds. The van der Waals surface area contributed by atoms with Gasteiger partial charge in [-0.2, -0.15) is 0 Å². The Morgan fingerprint density at radius 1 is 1.26 bits per heavy atom. The van der Waals surface area contributed by atoms with Crippen molar-refractivity contribution in [1.82, 2.24) is 15.1 Å². The third-order valence-electron chi connectivity index (χ3n) is 3.11. The number of ether oxygens (including phenoxy) is 2. The molecule has 1 aromatic carbocycles. The zero-order chi connectivity index (χ0) is 17.0. The number of hydrogen-bond donors (Lipinski definition) is 0. The third kappa shape index (κ3) is 3.95. The highest BCUT2D eigenvalue weighted by Crippen LogP contribution is 2.34. The maximum Gasteiger partial charge on any atom is 0.277 e. The highest BCUT2D eigenvalue weighted by Gasteiger charge is 2.21. The standard InChI is InChI=1S/C15H19N3O4S/c1-9(14(19)18(2)3)23-15-17-16-13(22-15)11-7-6-10(20-4)8-12(11)21-5/h6-9H,1-5H3/t9-/m0/s1. The summed E-state index contributed by atoms with van der Waals surface area (Å²) < 4.78 is 16.1. The van der Waals surface area contributed by atoms with Gasteiger partial charge in [0.25, 0.3) is 11.1 Å². The number of thioether (sulfide) groups is 1. The van der Waals surface area contributed by atoms with Gasteiger partial charge in [-0.05, 0) is 19.1 Å². The van der Waals surface area contributed by atoms with Crippen molar-refractivity contribution in [1.29, 1.82) is 0 Å². The van der Waals surface area contributed by atoms with Gasteiger partial charge in [0.05, 0.1) is 25.0 Å². The molecule has 124 valence electrons. The number of carbonyl (C=O) groups is 1. The number of methoxy groups -OCH3 is 2. The van der Waals surface area contributed by atoms with Gasteiger partial charge in [0, 0.05) is 20.2 Å². The monoisotopic (exact) mass is 337 g/mol. The molecular formula is C15H19N3O4S. The molecule has 8 heteroatoms. The fourth-order valence-electron chi connectivity index (χ4n) is 1.91. The van der Waals surface area contributed by atoms with Crippen LogP contribution in [0.3, 0.4) is 0 Å². The Morgan fingerprint density at radius 2 is 2.00 bits per heavy atom. The first-order chi connectivity index (χ1) is 11.0. The van der Waals surface area contributed by atoms with Gasteiger partial charge in [0.15, 0.2) is 0 Å². The SMILES string of the molecule is COc1ccc(-c2nnc(S[C@@H](C)C(=O)N(C)C)o2)c(OC)c1. The van der Waals surface area contributed by atoms with E-state index in [0.29, 0.717) is 28.2 Å². The summed E-state index contributed by atoms with van der Waals surface area (Å²) >= 11 is 1.22. The van der Waals surface area contributed by atoms with Crippen LogP contribution >= 0.6 is 11.8 Å². The molecule has 0 saturated heterocycles. The van der Waals surface area contributed by atoms with Crippen LogP contribution in [0.25, 0.3) is 11.5 Å². The molecule has 2 aromatic rings. The summed E-state index contributed by atoms with van der Waals surface area (Å²) in [5.74, 6) is 1.56. The van der Waals surface area contributed by atoms with Crippen molar-refractivity contribution < 1.29 is 18.7 Å². The van der Waals surface area contributed by atoms with Crippen LogP contribution in [0.4, 0.5) is 0 Å². The van der Waals surface area contributed by atoms with E-state index >= 15 is 0 Å².